The van der Waals surface area contributed by atoms with E-state index in [9.17, 15) is 4.39 Å². The second kappa shape index (κ2) is 8.61. The highest BCUT2D eigenvalue weighted by Gasteiger charge is 2.21. The van der Waals surface area contributed by atoms with Gasteiger partial charge in [-0.1, -0.05) is 12.1 Å². The Hall–Kier alpha value is -2.18. The Kier molecular flexibility index (Phi) is 6.52. The number of quaternary nitrogens is 1. The van der Waals surface area contributed by atoms with E-state index in [1.54, 1.807) is 19.2 Å². The van der Waals surface area contributed by atoms with Gasteiger partial charge in [-0.15, -0.1) is 0 Å². The zero-order valence-electron chi connectivity index (χ0n) is 14.1. The molecule has 0 aliphatic rings. The van der Waals surface area contributed by atoms with Gasteiger partial charge in [-0.05, 0) is 48.6 Å². The monoisotopic (exact) mass is 348 g/mol. The summed E-state index contributed by atoms with van der Waals surface area (Å²) in [5.74, 6) is 0.592. The number of thiocarbonyl (C=S) groups is 1. The number of nitrogens with one attached hydrogen (secondary N) is 3. The van der Waals surface area contributed by atoms with Gasteiger partial charge in [0.25, 0.3) is 0 Å². The van der Waals surface area contributed by atoms with Crippen LogP contribution in [0.1, 0.15) is 11.6 Å². The molecular weight excluding hydrogens is 325 g/mol. The molecule has 0 radical (unpaired) electrons. The lowest BCUT2D eigenvalue weighted by atomic mass is 10.0. The van der Waals surface area contributed by atoms with Crippen LogP contribution in [0.4, 0.5) is 10.1 Å². The van der Waals surface area contributed by atoms with E-state index in [1.165, 1.54) is 17.0 Å². The molecule has 4 nitrogen and oxygen atoms in total. The lowest BCUT2D eigenvalue weighted by Gasteiger charge is -2.24. The molecule has 0 spiro atoms. The maximum absolute atomic E-state index is 12.9. The van der Waals surface area contributed by atoms with Crippen molar-refractivity contribution in [1.29, 1.82) is 0 Å². The molecule has 0 aromatic heterocycles. The number of halogens is 1. The normalized spacial score (nSPS) is 11.9. The van der Waals surface area contributed by atoms with Gasteiger partial charge in [0.1, 0.15) is 17.6 Å². The van der Waals surface area contributed by atoms with Crippen molar-refractivity contribution in [2.45, 2.75) is 6.04 Å². The predicted octanol–water partition coefficient (Wildman–Crippen LogP) is 2.01. The largest absolute Gasteiger partial charge is 0.496 e. The fraction of sp³-hybridized carbons (Fsp3) is 0.278. The molecule has 2 rings (SSSR count). The number of methoxy groups -OCH3 is 1. The summed E-state index contributed by atoms with van der Waals surface area (Å²) >= 11 is 5.33. The highest BCUT2D eigenvalue weighted by atomic mass is 32.1. The van der Waals surface area contributed by atoms with Gasteiger partial charge in [-0.3, -0.25) is 0 Å². The van der Waals surface area contributed by atoms with Crippen molar-refractivity contribution in [2.24, 2.45) is 0 Å². The molecule has 0 bridgehead atoms. The second-order valence-corrected chi connectivity index (χ2v) is 6.12. The van der Waals surface area contributed by atoms with E-state index >= 15 is 0 Å². The number of anilines is 1. The van der Waals surface area contributed by atoms with Crippen LogP contribution >= 0.6 is 12.2 Å². The first-order valence-corrected chi connectivity index (χ1v) is 8.15. The van der Waals surface area contributed by atoms with Gasteiger partial charge >= 0.3 is 0 Å². The second-order valence-electron chi connectivity index (χ2n) is 5.71. The highest BCUT2D eigenvalue weighted by Crippen LogP contribution is 2.22. The summed E-state index contributed by atoms with van der Waals surface area (Å²) in [5.41, 5.74) is 1.87. The number of hydrogen-bond acceptors (Lipinski definition) is 2. The van der Waals surface area contributed by atoms with Crippen LogP contribution in [-0.2, 0) is 0 Å². The molecule has 3 N–H and O–H groups in total. The smallest absolute Gasteiger partial charge is 0.171 e. The molecule has 6 heteroatoms. The third-order valence-corrected chi connectivity index (χ3v) is 4.03. The minimum Gasteiger partial charge on any atom is -0.496 e. The summed E-state index contributed by atoms with van der Waals surface area (Å²) in [6, 6.07) is 14.3. The van der Waals surface area contributed by atoms with E-state index < -0.39 is 0 Å². The maximum Gasteiger partial charge on any atom is 0.171 e. The zero-order valence-corrected chi connectivity index (χ0v) is 14.9. The van der Waals surface area contributed by atoms with Gasteiger partial charge in [0.05, 0.1) is 33.3 Å². The Balaban J connectivity index is 2.01. The number of ether oxygens (including phenoxy) is 1. The van der Waals surface area contributed by atoms with Crippen molar-refractivity contribution in [3.8, 4) is 5.75 Å². The third kappa shape index (κ3) is 4.91. The minimum absolute atomic E-state index is 0.175. The Morgan fingerprint density at radius 1 is 1.17 bits per heavy atom. The predicted molar refractivity (Wildman–Crippen MR) is 99.2 cm³/mol. The molecule has 0 unspecified atom stereocenters. The van der Waals surface area contributed by atoms with E-state index in [4.69, 9.17) is 17.0 Å². The quantitative estimate of drug-likeness (QED) is 0.698. The van der Waals surface area contributed by atoms with E-state index in [0.717, 1.165) is 17.0 Å². The Labute approximate surface area is 147 Å². The van der Waals surface area contributed by atoms with Crippen LogP contribution in [-0.4, -0.2) is 32.9 Å². The molecular formula is C18H23FN3OS+. The van der Waals surface area contributed by atoms with Crippen LogP contribution in [0, 0.1) is 5.82 Å². The first-order chi connectivity index (χ1) is 11.5. The van der Waals surface area contributed by atoms with Gasteiger partial charge in [-0.25, -0.2) is 4.39 Å². The first-order valence-electron chi connectivity index (χ1n) is 7.74. The number of benzene rings is 2. The summed E-state index contributed by atoms with van der Waals surface area (Å²) in [6.07, 6.45) is 0. The fourth-order valence-electron chi connectivity index (χ4n) is 2.48. The Morgan fingerprint density at radius 2 is 1.83 bits per heavy atom. The van der Waals surface area contributed by atoms with Crippen molar-refractivity contribution in [1.82, 2.24) is 5.32 Å². The standard InChI is InChI=1S/C18H22FN3OS/c1-22(2)16(15-6-4-5-7-17(15)23-3)12-20-18(24)21-14-10-8-13(19)9-11-14/h4-11,16H,12H2,1-3H3,(H2,20,21,24)/p+1/t16-/m0/s1. The number of hydrogen-bond donors (Lipinski definition) is 3. The number of rotatable bonds is 6. The van der Waals surface area contributed by atoms with Crippen LogP contribution < -0.4 is 20.3 Å². The molecule has 0 fully saturated rings. The van der Waals surface area contributed by atoms with Gasteiger partial charge in [0.2, 0.25) is 0 Å². The number of para-hydroxylation sites is 1. The van der Waals surface area contributed by atoms with Crippen LogP contribution in [0.5, 0.6) is 5.75 Å². The molecule has 0 saturated heterocycles. The lowest BCUT2D eigenvalue weighted by Crippen LogP contribution is -3.07. The van der Waals surface area contributed by atoms with Gasteiger partial charge < -0.3 is 20.3 Å². The van der Waals surface area contributed by atoms with Crippen molar-refractivity contribution in [3.05, 3.63) is 59.9 Å². The Morgan fingerprint density at radius 3 is 2.46 bits per heavy atom. The van der Waals surface area contributed by atoms with Gasteiger partial charge in [0.15, 0.2) is 5.11 Å². The number of likely N-dealkylation sites (N-methyl/N-ethyl adjacent to an activating group) is 1. The van der Waals surface area contributed by atoms with Crippen LogP contribution in [0.3, 0.4) is 0 Å². The van der Waals surface area contributed by atoms with Crippen LogP contribution in [0.2, 0.25) is 0 Å². The molecule has 2 aromatic rings. The third-order valence-electron chi connectivity index (χ3n) is 3.78. The topological polar surface area (TPSA) is 37.7 Å². The van der Waals surface area contributed by atoms with Gasteiger partial charge in [0, 0.05) is 5.69 Å². The van der Waals surface area contributed by atoms with Crippen molar-refractivity contribution < 1.29 is 14.0 Å². The molecule has 24 heavy (non-hydrogen) atoms. The van der Waals surface area contributed by atoms with Crippen LogP contribution in [0.15, 0.2) is 48.5 Å². The fourth-order valence-corrected chi connectivity index (χ4v) is 2.68. The van der Waals surface area contributed by atoms with E-state index in [0.29, 0.717) is 11.7 Å². The molecule has 0 heterocycles. The van der Waals surface area contributed by atoms with E-state index in [-0.39, 0.29) is 11.9 Å². The summed E-state index contributed by atoms with van der Waals surface area (Å²) in [7, 11) is 5.86. The van der Waals surface area contributed by atoms with E-state index in [2.05, 4.69) is 30.8 Å². The summed E-state index contributed by atoms with van der Waals surface area (Å²) in [6.45, 7) is 0.649. The maximum atomic E-state index is 12.9. The van der Waals surface area contributed by atoms with E-state index in [1.807, 2.05) is 18.2 Å². The summed E-state index contributed by atoms with van der Waals surface area (Å²) in [5, 5.41) is 6.79. The van der Waals surface area contributed by atoms with Crippen molar-refractivity contribution in [2.75, 3.05) is 33.1 Å². The molecule has 128 valence electrons. The Bertz CT molecular complexity index is 676. The SMILES string of the molecule is COc1ccccc1[C@H](CNC(=S)Nc1ccc(F)cc1)[NH+](C)C. The zero-order chi connectivity index (χ0) is 17.5. The molecule has 0 aliphatic carbocycles. The average molecular weight is 348 g/mol. The molecule has 0 aliphatic heterocycles. The summed E-state index contributed by atoms with van der Waals surface area (Å²) in [4.78, 5) is 1.26. The molecule has 1 atom stereocenters. The lowest BCUT2D eigenvalue weighted by molar-refractivity contribution is -0.890. The molecule has 0 amide bonds. The first kappa shape index (κ1) is 18.2. The average Bonchev–Trinajstić information content (AvgIpc) is 2.57. The van der Waals surface area contributed by atoms with Crippen molar-refractivity contribution >= 4 is 23.0 Å². The molecule has 0 saturated carbocycles. The minimum atomic E-state index is -0.271. The summed E-state index contributed by atoms with van der Waals surface area (Å²) < 4.78 is 18.4. The van der Waals surface area contributed by atoms with Gasteiger partial charge in [-0.2, -0.15) is 0 Å². The highest BCUT2D eigenvalue weighted by molar-refractivity contribution is 7.80. The van der Waals surface area contributed by atoms with Crippen molar-refractivity contribution in [3.63, 3.8) is 0 Å². The van der Waals surface area contributed by atoms with Crippen LogP contribution in [0.25, 0.3) is 0 Å². The molecule has 2 aromatic carbocycles.